The van der Waals surface area contributed by atoms with E-state index in [9.17, 15) is 9.18 Å². The van der Waals surface area contributed by atoms with Crippen molar-refractivity contribution in [1.82, 2.24) is 0 Å². The van der Waals surface area contributed by atoms with Crippen molar-refractivity contribution in [2.75, 3.05) is 0 Å². The fourth-order valence-electron chi connectivity index (χ4n) is 1.99. The van der Waals surface area contributed by atoms with E-state index in [1.807, 2.05) is 6.92 Å². The number of carboxylic acid groups (broad SMARTS) is 1. The van der Waals surface area contributed by atoms with Gasteiger partial charge in [0.1, 0.15) is 5.82 Å². The minimum Gasteiger partial charge on any atom is -0.481 e. The fraction of sp³-hybridized carbons (Fsp3) is 0.154. The molecule has 1 aliphatic rings. The molecule has 0 bridgehead atoms. The number of carbonyl (C=O) groups is 1. The highest BCUT2D eigenvalue weighted by Gasteiger charge is 2.23. The highest BCUT2D eigenvalue weighted by atomic mass is 19.1. The molecule has 0 saturated heterocycles. The van der Waals surface area contributed by atoms with Crippen molar-refractivity contribution in [3.63, 3.8) is 0 Å². The molecular formula is C13H11FO2. The summed E-state index contributed by atoms with van der Waals surface area (Å²) < 4.78 is 13.1. The zero-order valence-electron chi connectivity index (χ0n) is 8.88. The minimum atomic E-state index is -0.917. The van der Waals surface area contributed by atoms with Crippen LogP contribution in [0, 0.1) is 5.82 Å². The van der Waals surface area contributed by atoms with Crippen LogP contribution in [-0.2, 0) is 4.79 Å². The number of rotatable bonds is 2. The quantitative estimate of drug-likeness (QED) is 0.828. The third kappa shape index (κ3) is 1.54. The molecule has 1 N–H and O–H groups in total. The minimum absolute atomic E-state index is 0.0959. The number of allylic oxidation sites excluding steroid dienone is 2. The van der Waals surface area contributed by atoms with Gasteiger partial charge in [-0.2, -0.15) is 0 Å². The lowest BCUT2D eigenvalue weighted by atomic mass is 10.0. The molecule has 2 nitrogen and oxygen atoms in total. The lowest BCUT2D eigenvalue weighted by Gasteiger charge is -2.03. The molecule has 1 aromatic rings. The highest BCUT2D eigenvalue weighted by Crippen LogP contribution is 2.41. The average molecular weight is 218 g/mol. The first-order valence-electron chi connectivity index (χ1n) is 4.92. The Balaban J connectivity index is 2.58. The second-order valence-electron chi connectivity index (χ2n) is 3.84. The van der Waals surface area contributed by atoms with E-state index in [4.69, 9.17) is 5.11 Å². The van der Waals surface area contributed by atoms with Gasteiger partial charge in [-0.05, 0) is 46.9 Å². The van der Waals surface area contributed by atoms with Crippen LogP contribution in [0.3, 0.4) is 0 Å². The molecule has 82 valence electrons. The van der Waals surface area contributed by atoms with Crippen LogP contribution in [0.1, 0.15) is 24.5 Å². The summed E-state index contributed by atoms with van der Waals surface area (Å²) in [6, 6.07) is 4.38. The SMILES string of the molecule is C=C1C(C)=C(CC(=O)O)c2cc(F)ccc21. The van der Waals surface area contributed by atoms with E-state index in [2.05, 4.69) is 6.58 Å². The topological polar surface area (TPSA) is 37.3 Å². The molecule has 0 unspecified atom stereocenters. The lowest BCUT2D eigenvalue weighted by molar-refractivity contribution is -0.135. The predicted molar refractivity (Wildman–Crippen MR) is 60.3 cm³/mol. The Morgan fingerprint density at radius 1 is 1.44 bits per heavy atom. The number of hydrogen-bond donors (Lipinski definition) is 1. The molecule has 0 amide bonds. The van der Waals surface area contributed by atoms with E-state index in [-0.39, 0.29) is 12.2 Å². The average Bonchev–Trinajstić information content (AvgIpc) is 2.43. The molecule has 16 heavy (non-hydrogen) atoms. The Hall–Kier alpha value is -1.90. The Morgan fingerprint density at radius 2 is 2.12 bits per heavy atom. The van der Waals surface area contributed by atoms with Crippen molar-refractivity contribution in [3.8, 4) is 0 Å². The first-order valence-corrected chi connectivity index (χ1v) is 4.92. The summed E-state index contributed by atoms with van der Waals surface area (Å²) in [5.41, 5.74) is 3.77. The normalized spacial score (nSPS) is 14.2. The van der Waals surface area contributed by atoms with Gasteiger partial charge in [0.15, 0.2) is 0 Å². The van der Waals surface area contributed by atoms with Crippen molar-refractivity contribution in [1.29, 1.82) is 0 Å². The third-order valence-electron chi connectivity index (χ3n) is 2.87. The van der Waals surface area contributed by atoms with E-state index in [1.165, 1.54) is 12.1 Å². The van der Waals surface area contributed by atoms with Gasteiger partial charge in [0.05, 0.1) is 6.42 Å². The van der Waals surface area contributed by atoms with Gasteiger partial charge in [-0.15, -0.1) is 0 Å². The van der Waals surface area contributed by atoms with Crippen LogP contribution in [0.5, 0.6) is 0 Å². The molecule has 3 heteroatoms. The summed E-state index contributed by atoms with van der Waals surface area (Å²) >= 11 is 0. The molecule has 0 saturated carbocycles. The van der Waals surface area contributed by atoms with Crippen LogP contribution < -0.4 is 0 Å². The van der Waals surface area contributed by atoms with E-state index in [0.29, 0.717) is 11.1 Å². The largest absolute Gasteiger partial charge is 0.481 e. The van der Waals surface area contributed by atoms with Crippen LogP contribution in [0.2, 0.25) is 0 Å². The second-order valence-corrected chi connectivity index (χ2v) is 3.84. The smallest absolute Gasteiger partial charge is 0.307 e. The summed E-state index contributed by atoms with van der Waals surface area (Å²) in [6.45, 7) is 5.71. The predicted octanol–water partition coefficient (Wildman–Crippen LogP) is 3.10. The van der Waals surface area contributed by atoms with Crippen LogP contribution in [0.25, 0.3) is 11.1 Å². The van der Waals surface area contributed by atoms with Crippen LogP contribution in [0.15, 0.2) is 30.4 Å². The van der Waals surface area contributed by atoms with Crippen LogP contribution in [0.4, 0.5) is 4.39 Å². The van der Waals surface area contributed by atoms with Gasteiger partial charge < -0.3 is 5.11 Å². The van der Waals surface area contributed by atoms with E-state index < -0.39 is 5.97 Å². The molecule has 0 heterocycles. The van der Waals surface area contributed by atoms with Gasteiger partial charge in [-0.25, -0.2) is 4.39 Å². The monoisotopic (exact) mass is 218 g/mol. The summed E-state index contributed by atoms with van der Waals surface area (Å²) in [5, 5.41) is 8.82. The lowest BCUT2D eigenvalue weighted by Crippen LogP contribution is -1.97. The number of hydrogen-bond acceptors (Lipinski definition) is 1. The molecule has 0 atom stereocenters. The molecule has 1 aliphatic carbocycles. The number of carboxylic acids is 1. The maximum Gasteiger partial charge on any atom is 0.307 e. The molecule has 0 aromatic heterocycles. The van der Waals surface area contributed by atoms with Crippen LogP contribution >= 0.6 is 0 Å². The third-order valence-corrected chi connectivity index (χ3v) is 2.87. The summed E-state index contributed by atoms with van der Waals surface area (Å²) in [4.78, 5) is 10.7. The summed E-state index contributed by atoms with van der Waals surface area (Å²) in [7, 11) is 0. The van der Waals surface area contributed by atoms with Gasteiger partial charge in [0, 0.05) is 0 Å². The van der Waals surface area contributed by atoms with Crippen molar-refractivity contribution in [2.24, 2.45) is 0 Å². The van der Waals surface area contributed by atoms with E-state index >= 15 is 0 Å². The zero-order chi connectivity index (χ0) is 11.9. The number of halogens is 1. The van der Waals surface area contributed by atoms with Crippen molar-refractivity contribution < 1.29 is 14.3 Å². The van der Waals surface area contributed by atoms with Gasteiger partial charge >= 0.3 is 5.97 Å². The first kappa shape index (κ1) is 10.6. The van der Waals surface area contributed by atoms with Crippen LogP contribution in [-0.4, -0.2) is 11.1 Å². The molecule has 0 aliphatic heterocycles. The Kier molecular flexibility index (Phi) is 2.38. The molecule has 0 spiro atoms. The van der Waals surface area contributed by atoms with E-state index in [0.717, 1.165) is 16.7 Å². The highest BCUT2D eigenvalue weighted by molar-refractivity contribution is 6.02. The molecule has 0 radical (unpaired) electrons. The Morgan fingerprint density at radius 3 is 2.75 bits per heavy atom. The fourth-order valence-corrected chi connectivity index (χ4v) is 1.99. The second kappa shape index (κ2) is 3.59. The number of fused-ring (bicyclic) bond motifs is 1. The van der Waals surface area contributed by atoms with Gasteiger partial charge in [0.25, 0.3) is 0 Å². The van der Waals surface area contributed by atoms with Gasteiger partial charge in [-0.3, -0.25) is 4.79 Å². The Labute approximate surface area is 92.7 Å². The molecule has 1 aromatic carbocycles. The first-order chi connectivity index (χ1) is 7.50. The molecule has 0 fully saturated rings. The number of aliphatic carboxylic acids is 1. The molecule has 2 rings (SSSR count). The number of benzene rings is 1. The molecular weight excluding hydrogens is 207 g/mol. The van der Waals surface area contributed by atoms with Gasteiger partial charge in [-0.1, -0.05) is 12.6 Å². The van der Waals surface area contributed by atoms with Gasteiger partial charge in [0.2, 0.25) is 0 Å². The zero-order valence-corrected chi connectivity index (χ0v) is 8.88. The summed E-state index contributed by atoms with van der Waals surface area (Å²) in [6.07, 6.45) is -0.0959. The Bertz CT molecular complexity index is 527. The van der Waals surface area contributed by atoms with E-state index in [1.54, 1.807) is 6.07 Å². The van der Waals surface area contributed by atoms with Crippen molar-refractivity contribution in [3.05, 3.63) is 47.3 Å². The standard InChI is InChI=1S/C13H11FO2/c1-7-8(2)11(6-13(15)16)12-5-9(14)3-4-10(7)12/h3-5H,1,6H2,2H3,(H,15,16). The maximum atomic E-state index is 13.1. The summed E-state index contributed by atoms with van der Waals surface area (Å²) in [5.74, 6) is -1.27. The van der Waals surface area contributed by atoms with Crippen molar-refractivity contribution in [2.45, 2.75) is 13.3 Å². The van der Waals surface area contributed by atoms with Crippen molar-refractivity contribution >= 4 is 17.1 Å². The maximum absolute atomic E-state index is 13.1.